The van der Waals surface area contributed by atoms with Gasteiger partial charge in [0, 0.05) is 19.2 Å². The van der Waals surface area contributed by atoms with Crippen LogP contribution in [0.25, 0.3) is 0 Å². The van der Waals surface area contributed by atoms with Crippen molar-refractivity contribution in [2.75, 3.05) is 32.2 Å². The molecule has 5 heteroatoms. The number of methoxy groups -OCH3 is 2. The number of anilines is 1. The second-order valence-electron chi connectivity index (χ2n) is 4.45. The van der Waals surface area contributed by atoms with Gasteiger partial charge in [-0.2, -0.15) is 5.26 Å². The average Bonchev–Trinajstić information content (AvgIpc) is 2.95. The monoisotopic (exact) mass is 260 g/mol. The Morgan fingerprint density at radius 3 is 2.89 bits per heavy atom. The minimum absolute atomic E-state index is 0.122. The molecule has 1 aromatic carbocycles. The van der Waals surface area contributed by atoms with Crippen LogP contribution in [0.2, 0.25) is 0 Å². The summed E-state index contributed by atoms with van der Waals surface area (Å²) in [6, 6.07) is 7.50. The van der Waals surface area contributed by atoms with Gasteiger partial charge in [0.15, 0.2) is 0 Å². The quantitative estimate of drug-likeness (QED) is 0.772. The van der Waals surface area contributed by atoms with Gasteiger partial charge in [-0.15, -0.1) is 0 Å². The van der Waals surface area contributed by atoms with Crippen molar-refractivity contribution in [2.45, 2.75) is 6.42 Å². The molecule has 1 aromatic rings. The fraction of sp³-hybridized carbons (Fsp3) is 0.429. The first-order valence-corrected chi connectivity index (χ1v) is 6.10. The van der Waals surface area contributed by atoms with E-state index in [0.717, 1.165) is 18.7 Å². The summed E-state index contributed by atoms with van der Waals surface area (Å²) in [5, 5.41) is 9.15. The highest BCUT2D eigenvalue weighted by Gasteiger charge is 2.30. The summed E-state index contributed by atoms with van der Waals surface area (Å²) in [4.78, 5) is 13.6. The minimum Gasteiger partial charge on any atom is -0.497 e. The molecule has 2 rings (SSSR count). The minimum atomic E-state index is -0.191. The third-order valence-corrected chi connectivity index (χ3v) is 3.39. The van der Waals surface area contributed by atoms with Gasteiger partial charge in [0.25, 0.3) is 0 Å². The first kappa shape index (κ1) is 13.2. The van der Waals surface area contributed by atoms with Crippen LogP contribution in [0, 0.1) is 17.2 Å². The van der Waals surface area contributed by atoms with E-state index >= 15 is 0 Å². The van der Waals surface area contributed by atoms with E-state index in [-0.39, 0.29) is 11.9 Å². The lowest BCUT2D eigenvalue weighted by Gasteiger charge is -2.20. The van der Waals surface area contributed by atoms with Crippen LogP contribution in [-0.2, 0) is 9.53 Å². The normalized spacial score (nSPS) is 17.9. The lowest BCUT2D eigenvalue weighted by Crippen LogP contribution is -2.24. The number of rotatable bonds is 3. The fourth-order valence-electron chi connectivity index (χ4n) is 2.33. The Morgan fingerprint density at radius 2 is 2.26 bits per heavy atom. The molecule has 1 unspecified atom stereocenters. The molecule has 1 fully saturated rings. The van der Waals surface area contributed by atoms with E-state index in [1.54, 1.807) is 19.2 Å². The van der Waals surface area contributed by atoms with Crippen LogP contribution in [0.5, 0.6) is 5.75 Å². The lowest BCUT2D eigenvalue weighted by molar-refractivity contribution is -0.144. The largest absolute Gasteiger partial charge is 0.497 e. The maximum Gasteiger partial charge on any atom is 0.310 e. The zero-order chi connectivity index (χ0) is 13.8. The molecular formula is C14H16N2O3. The van der Waals surface area contributed by atoms with Gasteiger partial charge in [-0.05, 0) is 18.6 Å². The molecule has 1 aliphatic heterocycles. The van der Waals surface area contributed by atoms with Gasteiger partial charge in [-0.3, -0.25) is 4.79 Å². The molecule has 0 aliphatic carbocycles. The molecule has 1 aliphatic rings. The van der Waals surface area contributed by atoms with Crippen LogP contribution in [0.4, 0.5) is 5.69 Å². The van der Waals surface area contributed by atoms with E-state index in [0.29, 0.717) is 17.9 Å². The molecule has 1 heterocycles. The molecule has 0 saturated carbocycles. The Balaban J connectivity index is 2.23. The molecule has 0 aromatic heterocycles. The third-order valence-electron chi connectivity index (χ3n) is 3.39. The molecule has 19 heavy (non-hydrogen) atoms. The summed E-state index contributed by atoms with van der Waals surface area (Å²) in [5.74, 6) is 0.391. The van der Waals surface area contributed by atoms with Crippen molar-refractivity contribution in [3.05, 3.63) is 23.8 Å². The van der Waals surface area contributed by atoms with E-state index in [1.165, 1.54) is 7.11 Å². The van der Waals surface area contributed by atoms with Gasteiger partial charge < -0.3 is 14.4 Å². The van der Waals surface area contributed by atoms with Crippen molar-refractivity contribution in [1.29, 1.82) is 5.26 Å². The van der Waals surface area contributed by atoms with Crippen molar-refractivity contribution in [2.24, 2.45) is 5.92 Å². The van der Waals surface area contributed by atoms with E-state index in [4.69, 9.17) is 14.7 Å². The summed E-state index contributed by atoms with van der Waals surface area (Å²) in [6.07, 6.45) is 0.745. The SMILES string of the molecule is COC(=O)C1CCN(c2cc(OC)ccc2C#N)C1. The van der Waals surface area contributed by atoms with Crippen LogP contribution in [-0.4, -0.2) is 33.3 Å². The third kappa shape index (κ3) is 2.63. The van der Waals surface area contributed by atoms with Crippen LogP contribution in [0.3, 0.4) is 0 Å². The smallest absolute Gasteiger partial charge is 0.310 e. The van der Waals surface area contributed by atoms with Crippen molar-refractivity contribution in [3.8, 4) is 11.8 Å². The van der Waals surface area contributed by atoms with E-state index in [2.05, 4.69) is 6.07 Å². The van der Waals surface area contributed by atoms with Gasteiger partial charge in [0.1, 0.15) is 11.8 Å². The summed E-state index contributed by atoms with van der Waals surface area (Å²) in [6.45, 7) is 1.32. The summed E-state index contributed by atoms with van der Waals surface area (Å²) in [7, 11) is 2.99. The first-order chi connectivity index (χ1) is 9.19. The molecular weight excluding hydrogens is 244 g/mol. The summed E-state index contributed by atoms with van der Waals surface area (Å²) >= 11 is 0. The lowest BCUT2D eigenvalue weighted by atomic mass is 10.1. The first-order valence-electron chi connectivity index (χ1n) is 6.10. The van der Waals surface area contributed by atoms with Crippen LogP contribution < -0.4 is 9.64 Å². The fourth-order valence-corrected chi connectivity index (χ4v) is 2.33. The van der Waals surface area contributed by atoms with E-state index < -0.39 is 0 Å². The van der Waals surface area contributed by atoms with Crippen LogP contribution >= 0.6 is 0 Å². The molecule has 1 saturated heterocycles. The topological polar surface area (TPSA) is 62.6 Å². The number of esters is 1. The van der Waals surface area contributed by atoms with Gasteiger partial charge in [-0.25, -0.2) is 0 Å². The van der Waals surface area contributed by atoms with E-state index in [9.17, 15) is 4.79 Å². The van der Waals surface area contributed by atoms with Gasteiger partial charge in [0.2, 0.25) is 0 Å². The van der Waals surface area contributed by atoms with Gasteiger partial charge >= 0.3 is 5.97 Å². The maximum absolute atomic E-state index is 11.5. The standard InChI is InChI=1S/C14H16N2O3/c1-18-12-4-3-10(8-15)13(7-12)16-6-5-11(9-16)14(17)19-2/h3-4,7,11H,5-6,9H2,1-2H3. The van der Waals surface area contributed by atoms with Crippen LogP contribution in [0.1, 0.15) is 12.0 Å². The van der Waals surface area contributed by atoms with E-state index in [1.807, 2.05) is 11.0 Å². The molecule has 0 N–H and O–H groups in total. The Bertz CT molecular complexity index is 522. The number of nitrogens with zero attached hydrogens (tertiary/aromatic N) is 2. The molecule has 100 valence electrons. The van der Waals surface area contributed by atoms with Crippen molar-refractivity contribution in [3.63, 3.8) is 0 Å². The number of benzene rings is 1. The Morgan fingerprint density at radius 1 is 1.47 bits per heavy atom. The highest BCUT2D eigenvalue weighted by molar-refractivity contribution is 5.75. The number of carbonyl (C=O) groups excluding carboxylic acids is 1. The molecule has 1 atom stereocenters. The number of carbonyl (C=O) groups is 1. The molecule has 0 amide bonds. The summed E-state index contributed by atoms with van der Waals surface area (Å²) < 4.78 is 9.95. The van der Waals surface area contributed by atoms with Crippen LogP contribution in [0.15, 0.2) is 18.2 Å². The molecule has 0 bridgehead atoms. The summed E-state index contributed by atoms with van der Waals surface area (Å²) in [5.41, 5.74) is 1.40. The Kier molecular flexibility index (Phi) is 3.91. The number of hydrogen-bond acceptors (Lipinski definition) is 5. The maximum atomic E-state index is 11.5. The van der Waals surface area contributed by atoms with Crippen molar-refractivity contribution >= 4 is 11.7 Å². The van der Waals surface area contributed by atoms with Crippen molar-refractivity contribution < 1.29 is 14.3 Å². The average molecular weight is 260 g/mol. The van der Waals surface area contributed by atoms with Crippen molar-refractivity contribution in [1.82, 2.24) is 0 Å². The second kappa shape index (κ2) is 5.61. The van der Waals surface area contributed by atoms with Gasteiger partial charge in [-0.1, -0.05) is 0 Å². The molecule has 0 radical (unpaired) electrons. The zero-order valence-electron chi connectivity index (χ0n) is 11.0. The van der Waals surface area contributed by atoms with Gasteiger partial charge in [0.05, 0.1) is 31.4 Å². The predicted octanol–water partition coefficient (Wildman–Crippen LogP) is 1.57. The number of ether oxygens (including phenoxy) is 2. The number of hydrogen-bond donors (Lipinski definition) is 0. The second-order valence-corrected chi connectivity index (χ2v) is 4.45. The Labute approximate surface area is 112 Å². The highest BCUT2D eigenvalue weighted by atomic mass is 16.5. The Hall–Kier alpha value is -2.22. The molecule has 5 nitrogen and oxygen atoms in total. The highest BCUT2D eigenvalue weighted by Crippen LogP contribution is 2.30. The zero-order valence-corrected chi connectivity index (χ0v) is 11.0. The molecule has 0 spiro atoms. The predicted molar refractivity (Wildman–Crippen MR) is 70.0 cm³/mol. The number of nitriles is 1.